The van der Waals surface area contributed by atoms with E-state index in [9.17, 15) is 4.79 Å². The number of nitrogens with zero attached hydrogens (tertiary/aromatic N) is 3. The van der Waals surface area contributed by atoms with Crippen molar-refractivity contribution in [3.63, 3.8) is 0 Å². The maximum Gasteiger partial charge on any atom is 0.224 e. The molecule has 0 unspecified atom stereocenters. The quantitative estimate of drug-likeness (QED) is 0.425. The first-order valence-electron chi connectivity index (χ1n) is 9.54. The van der Waals surface area contributed by atoms with Crippen LogP contribution in [0.15, 0.2) is 72.2 Å². The van der Waals surface area contributed by atoms with Crippen molar-refractivity contribution in [3.8, 4) is 10.4 Å². The molecule has 0 bridgehead atoms. The lowest BCUT2D eigenvalue weighted by Crippen LogP contribution is -2.13. The third-order valence-corrected chi connectivity index (χ3v) is 5.44. The molecule has 0 aliphatic carbocycles. The first kappa shape index (κ1) is 19.6. The van der Waals surface area contributed by atoms with Gasteiger partial charge in [-0.05, 0) is 40.8 Å². The molecule has 0 saturated heterocycles. The van der Waals surface area contributed by atoms with Crippen LogP contribution in [0.5, 0.6) is 0 Å². The summed E-state index contributed by atoms with van der Waals surface area (Å²) < 4.78 is 1.64. The van der Waals surface area contributed by atoms with Gasteiger partial charge in [-0.3, -0.25) is 4.79 Å². The summed E-state index contributed by atoms with van der Waals surface area (Å²) in [4.78, 5) is 13.6. The summed E-state index contributed by atoms with van der Waals surface area (Å²) in [5, 5.41) is 13.1. The Morgan fingerprint density at radius 3 is 2.80 bits per heavy atom. The summed E-state index contributed by atoms with van der Waals surface area (Å²) in [7, 11) is 0. The number of nitrogens with two attached hydrogens (primary N) is 1. The zero-order valence-electron chi connectivity index (χ0n) is 16.2. The lowest BCUT2D eigenvalue weighted by molar-refractivity contribution is -0.116. The smallest absolute Gasteiger partial charge is 0.224 e. The van der Waals surface area contributed by atoms with Crippen molar-refractivity contribution in [2.24, 2.45) is 0 Å². The van der Waals surface area contributed by atoms with Crippen LogP contribution < -0.4 is 11.1 Å². The zero-order chi connectivity index (χ0) is 20.8. The highest BCUT2D eigenvalue weighted by Crippen LogP contribution is 2.30. The van der Waals surface area contributed by atoms with Gasteiger partial charge in [0.05, 0.1) is 23.3 Å². The van der Waals surface area contributed by atoms with E-state index in [4.69, 9.17) is 5.73 Å². The van der Waals surface area contributed by atoms with Crippen LogP contribution in [0.3, 0.4) is 0 Å². The number of carbonyl (C=O) groups is 1. The van der Waals surface area contributed by atoms with E-state index >= 15 is 0 Å². The van der Waals surface area contributed by atoms with E-state index in [0.717, 1.165) is 21.7 Å². The van der Waals surface area contributed by atoms with Crippen LogP contribution >= 0.6 is 11.3 Å². The molecule has 0 atom stereocenters. The Kier molecular flexibility index (Phi) is 6.01. The molecule has 0 fully saturated rings. The van der Waals surface area contributed by atoms with Gasteiger partial charge in [0, 0.05) is 23.9 Å². The van der Waals surface area contributed by atoms with Crippen molar-refractivity contribution in [2.75, 3.05) is 11.1 Å². The highest BCUT2D eigenvalue weighted by atomic mass is 32.1. The Morgan fingerprint density at radius 1 is 1.13 bits per heavy atom. The number of anilines is 2. The van der Waals surface area contributed by atoms with Crippen molar-refractivity contribution in [1.29, 1.82) is 0 Å². The van der Waals surface area contributed by atoms with Crippen LogP contribution in [-0.4, -0.2) is 20.9 Å². The topological polar surface area (TPSA) is 85.8 Å². The average Bonchev–Trinajstić information content (AvgIpc) is 3.45. The van der Waals surface area contributed by atoms with E-state index in [2.05, 4.69) is 15.6 Å². The number of amides is 1. The third kappa shape index (κ3) is 5.01. The first-order valence-corrected chi connectivity index (χ1v) is 10.4. The fourth-order valence-corrected chi connectivity index (χ4v) is 3.67. The van der Waals surface area contributed by atoms with E-state index in [1.807, 2.05) is 84.5 Å². The summed E-state index contributed by atoms with van der Waals surface area (Å²) in [6, 6.07) is 19.7. The van der Waals surface area contributed by atoms with Crippen LogP contribution in [-0.2, 0) is 11.2 Å². The van der Waals surface area contributed by atoms with E-state index in [0.29, 0.717) is 24.2 Å². The molecule has 3 N–H and O–H groups in total. The van der Waals surface area contributed by atoms with Gasteiger partial charge in [-0.15, -0.1) is 16.4 Å². The summed E-state index contributed by atoms with van der Waals surface area (Å²) in [5.74, 6) is -0.112. The molecule has 7 heteroatoms. The van der Waals surface area contributed by atoms with Gasteiger partial charge < -0.3 is 11.1 Å². The molecule has 150 valence electrons. The molecule has 4 aromatic rings. The van der Waals surface area contributed by atoms with Gasteiger partial charge in [-0.25, -0.2) is 4.68 Å². The van der Waals surface area contributed by atoms with E-state index in [1.54, 1.807) is 16.0 Å². The van der Waals surface area contributed by atoms with Crippen molar-refractivity contribution in [1.82, 2.24) is 15.0 Å². The Morgan fingerprint density at radius 2 is 2.00 bits per heavy atom. The number of hydrogen-bond donors (Lipinski definition) is 2. The summed E-state index contributed by atoms with van der Waals surface area (Å²) in [6.07, 6.45) is 6.40. The van der Waals surface area contributed by atoms with Crippen LogP contribution in [0.25, 0.3) is 22.7 Å². The molecule has 30 heavy (non-hydrogen) atoms. The predicted octanol–water partition coefficient (Wildman–Crippen LogP) is 4.79. The van der Waals surface area contributed by atoms with Crippen molar-refractivity contribution >= 4 is 40.9 Å². The number of benzene rings is 2. The van der Waals surface area contributed by atoms with Gasteiger partial charge in [-0.1, -0.05) is 47.7 Å². The Labute approximate surface area is 178 Å². The molecule has 1 amide bonds. The van der Waals surface area contributed by atoms with Gasteiger partial charge in [0.15, 0.2) is 0 Å². The molecule has 0 spiro atoms. The Hall–Kier alpha value is -3.71. The molecule has 2 heterocycles. The normalized spacial score (nSPS) is 11.1. The number of nitrogen functional groups attached to an aromatic ring is 1. The Balaban J connectivity index is 1.34. The average molecular weight is 416 g/mol. The lowest BCUT2D eigenvalue weighted by Gasteiger charge is -2.09. The fraction of sp³-hybridized carbons (Fsp3) is 0.0870. The number of carbonyl (C=O) groups excluding carboxylic acids is 1. The van der Waals surface area contributed by atoms with Crippen LogP contribution in [0, 0.1) is 0 Å². The summed E-state index contributed by atoms with van der Waals surface area (Å²) in [5.41, 5.74) is 10.1. The number of aryl methyl sites for hydroxylation is 1. The molecule has 6 nitrogen and oxygen atoms in total. The second-order valence-corrected chi connectivity index (χ2v) is 7.69. The SMILES string of the molecule is Nc1ccc(-c2cccs2)cc1NC(=O)CCc1cn(/C=C/c2ccccc2)nn1. The monoisotopic (exact) mass is 415 g/mol. The van der Waals surface area contributed by atoms with Crippen molar-refractivity contribution in [2.45, 2.75) is 12.8 Å². The minimum absolute atomic E-state index is 0.112. The van der Waals surface area contributed by atoms with Gasteiger partial charge in [-0.2, -0.15) is 0 Å². The summed E-state index contributed by atoms with van der Waals surface area (Å²) in [6.45, 7) is 0. The molecular weight excluding hydrogens is 394 g/mol. The third-order valence-electron chi connectivity index (χ3n) is 4.52. The highest BCUT2D eigenvalue weighted by molar-refractivity contribution is 7.13. The summed E-state index contributed by atoms with van der Waals surface area (Å²) >= 11 is 1.65. The van der Waals surface area contributed by atoms with Crippen molar-refractivity contribution < 1.29 is 4.79 Å². The molecule has 2 aromatic heterocycles. The first-order chi connectivity index (χ1) is 14.7. The maximum atomic E-state index is 12.4. The molecule has 0 saturated carbocycles. The van der Waals surface area contributed by atoms with Gasteiger partial charge in [0.25, 0.3) is 0 Å². The van der Waals surface area contributed by atoms with E-state index in [-0.39, 0.29) is 5.91 Å². The number of aromatic nitrogens is 3. The van der Waals surface area contributed by atoms with Crippen LogP contribution in [0.1, 0.15) is 17.7 Å². The standard InChI is InChI=1S/C23H21N5OS/c24-20-10-8-18(22-7-4-14-30-22)15-21(20)25-23(29)11-9-19-16-28(27-26-19)13-12-17-5-2-1-3-6-17/h1-8,10,12-16H,9,11,24H2,(H,25,29)/b13-12+. The van der Waals surface area contributed by atoms with Crippen molar-refractivity contribution in [3.05, 3.63) is 83.5 Å². The number of hydrogen-bond acceptors (Lipinski definition) is 5. The lowest BCUT2D eigenvalue weighted by atomic mass is 10.1. The zero-order valence-corrected chi connectivity index (χ0v) is 17.0. The highest BCUT2D eigenvalue weighted by Gasteiger charge is 2.09. The fourth-order valence-electron chi connectivity index (χ4n) is 2.94. The minimum Gasteiger partial charge on any atom is -0.397 e. The maximum absolute atomic E-state index is 12.4. The van der Waals surface area contributed by atoms with E-state index in [1.165, 1.54) is 0 Å². The molecular formula is C23H21N5OS. The molecule has 2 aromatic carbocycles. The Bertz CT molecular complexity index is 1150. The number of thiophene rings is 1. The predicted molar refractivity (Wildman–Crippen MR) is 123 cm³/mol. The molecule has 0 aliphatic rings. The van der Waals surface area contributed by atoms with E-state index < -0.39 is 0 Å². The van der Waals surface area contributed by atoms with Crippen LogP contribution in [0.2, 0.25) is 0 Å². The molecule has 0 aliphatic heterocycles. The van der Waals surface area contributed by atoms with Crippen LogP contribution in [0.4, 0.5) is 11.4 Å². The minimum atomic E-state index is -0.112. The number of nitrogens with one attached hydrogen (secondary N) is 1. The van der Waals surface area contributed by atoms with Gasteiger partial charge in [0.1, 0.15) is 0 Å². The van der Waals surface area contributed by atoms with Gasteiger partial charge in [0.2, 0.25) is 5.91 Å². The largest absolute Gasteiger partial charge is 0.397 e. The molecule has 0 radical (unpaired) electrons. The number of rotatable bonds is 7. The van der Waals surface area contributed by atoms with Gasteiger partial charge >= 0.3 is 0 Å². The second-order valence-electron chi connectivity index (χ2n) is 6.74. The second kappa shape index (κ2) is 9.19. The molecule has 4 rings (SSSR count).